The Morgan fingerprint density at radius 1 is 1.44 bits per heavy atom. The predicted molar refractivity (Wildman–Crippen MR) is 65.1 cm³/mol. The highest BCUT2D eigenvalue weighted by molar-refractivity contribution is 5.78. The first-order chi connectivity index (χ1) is 7.46. The maximum absolute atomic E-state index is 12.1. The molecule has 0 bridgehead atoms. The van der Waals surface area contributed by atoms with E-state index in [4.69, 9.17) is 0 Å². The summed E-state index contributed by atoms with van der Waals surface area (Å²) in [5, 5.41) is 9.96. The lowest BCUT2D eigenvalue weighted by Crippen LogP contribution is -2.36. The van der Waals surface area contributed by atoms with Gasteiger partial charge in [-0.1, -0.05) is 20.3 Å². The third-order valence-corrected chi connectivity index (χ3v) is 3.52. The Balaban J connectivity index is 2.51. The van der Waals surface area contributed by atoms with Crippen LogP contribution in [0.3, 0.4) is 0 Å². The molecule has 1 N–H and O–H groups in total. The van der Waals surface area contributed by atoms with Gasteiger partial charge in [0.05, 0.1) is 5.60 Å². The number of hydrogen-bond donors (Lipinski definition) is 1. The van der Waals surface area contributed by atoms with E-state index in [2.05, 4.69) is 6.92 Å². The Labute approximate surface area is 98.8 Å². The molecular formula is C13H25NO2. The Bertz CT molecular complexity index is 238. The van der Waals surface area contributed by atoms with Crippen LogP contribution < -0.4 is 0 Å². The largest absolute Gasteiger partial charge is 0.390 e. The fraction of sp³-hybridized carbons (Fsp3) is 0.923. The molecule has 0 aromatic rings. The van der Waals surface area contributed by atoms with Gasteiger partial charge in [0.1, 0.15) is 0 Å². The monoisotopic (exact) mass is 227 g/mol. The zero-order valence-corrected chi connectivity index (χ0v) is 10.8. The van der Waals surface area contributed by atoms with Crippen LogP contribution in [0, 0.1) is 5.92 Å². The van der Waals surface area contributed by atoms with Crippen LogP contribution in [0.5, 0.6) is 0 Å². The quantitative estimate of drug-likeness (QED) is 0.803. The second-order valence-corrected chi connectivity index (χ2v) is 5.37. The molecule has 94 valence electrons. The van der Waals surface area contributed by atoms with E-state index in [1.165, 1.54) is 0 Å². The lowest BCUT2D eigenvalue weighted by molar-refractivity contribution is -0.135. The standard InChI is InChI=1S/C13H25NO2/c1-4-6-11(2)12(15)14-9-5-7-13(3,16)8-10-14/h11,16H,4-10H2,1-3H3. The van der Waals surface area contributed by atoms with Crippen LogP contribution in [-0.4, -0.2) is 34.6 Å². The van der Waals surface area contributed by atoms with Gasteiger partial charge in [-0.2, -0.15) is 0 Å². The van der Waals surface area contributed by atoms with Gasteiger partial charge in [0.2, 0.25) is 5.91 Å². The molecule has 0 spiro atoms. The second-order valence-electron chi connectivity index (χ2n) is 5.37. The van der Waals surface area contributed by atoms with Crippen molar-refractivity contribution in [3.63, 3.8) is 0 Å². The fourth-order valence-electron chi connectivity index (χ4n) is 2.35. The fourth-order valence-corrected chi connectivity index (χ4v) is 2.35. The van der Waals surface area contributed by atoms with E-state index in [0.717, 1.165) is 32.2 Å². The Morgan fingerprint density at radius 2 is 2.12 bits per heavy atom. The molecule has 16 heavy (non-hydrogen) atoms. The van der Waals surface area contributed by atoms with E-state index < -0.39 is 5.60 Å². The minimum Gasteiger partial charge on any atom is -0.390 e. The van der Waals surface area contributed by atoms with Crippen molar-refractivity contribution in [2.75, 3.05) is 13.1 Å². The molecule has 1 aliphatic heterocycles. The van der Waals surface area contributed by atoms with Gasteiger partial charge in [0, 0.05) is 19.0 Å². The Kier molecular flexibility index (Phi) is 4.78. The highest BCUT2D eigenvalue weighted by Gasteiger charge is 2.28. The molecule has 1 saturated heterocycles. The van der Waals surface area contributed by atoms with Crippen molar-refractivity contribution >= 4 is 5.91 Å². The predicted octanol–water partition coefficient (Wildman–Crippen LogP) is 2.19. The van der Waals surface area contributed by atoms with E-state index >= 15 is 0 Å². The van der Waals surface area contributed by atoms with Gasteiger partial charge in [-0.3, -0.25) is 4.79 Å². The summed E-state index contributed by atoms with van der Waals surface area (Å²) in [7, 11) is 0. The van der Waals surface area contributed by atoms with Crippen molar-refractivity contribution in [2.24, 2.45) is 5.92 Å². The number of hydrogen-bond acceptors (Lipinski definition) is 2. The molecule has 0 aromatic carbocycles. The first-order valence-electron chi connectivity index (χ1n) is 6.47. The first-order valence-corrected chi connectivity index (χ1v) is 6.47. The van der Waals surface area contributed by atoms with Crippen molar-refractivity contribution in [1.29, 1.82) is 0 Å². The van der Waals surface area contributed by atoms with Crippen molar-refractivity contribution < 1.29 is 9.90 Å². The molecule has 1 fully saturated rings. The van der Waals surface area contributed by atoms with Gasteiger partial charge in [0.25, 0.3) is 0 Å². The lowest BCUT2D eigenvalue weighted by Gasteiger charge is -2.25. The molecule has 0 radical (unpaired) electrons. The molecule has 3 nitrogen and oxygen atoms in total. The maximum Gasteiger partial charge on any atom is 0.225 e. The summed E-state index contributed by atoms with van der Waals surface area (Å²) in [6.45, 7) is 7.51. The number of likely N-dealkylation sites (tertiary alicyclic amines) is 1. The van der Waals surface area contributed by atoms with Gasteiger partial charge in [-0.05, 0) is 32.6 Å². The first kappa shape index (κ1) is 13.5. The summed E-state index contributed by atoms with van der Waals surface area (Å²) >= 11 is 0. The average molecular weight is 227 g/mol. The number of amides is 1. The third kappa shape index (κ3) is 3.78. The van der Waals surface area contributed by atoms with E-state index in [1.807, 2.05) is 18.7 Å². The van der Waals surface area contributed by atoms with Crippen LogP contribution >= 0.6 is 0 Å². The number of carbonyl (C=O) groups is 1. The van der Waals surface area contributed by atoms with Crippen LogP contribution in [0.2, 0.25) is 0 Å². The number of nitrogens with zero attached hydrogens (tertiary/aromatic N) is 1. The molecule has 3 heteroatoms. The van der Waals surface area contributed by atoms with Crippen LogP contribution in [0.25, 0.3) is 0 Å². The van der Waals surface area contributed by atoms with E-state index in [1.54, 1.807) is 0 Å². The average Bonchev–Trinajstić information content (AvgIpc) is 2.39. The van der Waals surface area contributed by atoms with Crippen molar-refractivity contribution in [3.8, 4) is 0 Å². The van der Waals surface area contributed by atoms with Gasteiger partial charge < -0.3 is 10.0 Å². The summed E-state index contributed by atoms with van der Waals surface area (Å²) in [4.78, 5) is 14.0. The van der Waals surface area contributed by atoms with Gasteiger partial charge in [0.15, 0.2) is 0 Å². The smallest absolute Gasteiger partial charge is 0.225 e. The zero-order chi connectivity index (χ0) is 12.2. The molecule has 0 aromatic heterocycles. The van der Waals surface area contributed by atoms with Crippen molar-refractivity contribution in [3.05, 3.63) is 0 Å². The van der Waals surface area contributed by atoms with E-state index in [9.17, 15) is 9.90 Å². The molecule has 0 saturated carbocycles. The molecule has 0 aliphatic carbocycles. The Hall–Kier alpha value is -0.570. The molecular weight excluding hydrogens is 202 g/mol. The molecule has 2 unspecified atom stereocenters. The van der Waals surface area contributed by atoms with Gasteiger partial charge >= 0.3 is 0 Å². The topological polar surface area (TPSA) is 40.5 Å². The summed E-state index contributed by atoms with van der Waals surface area (Å²) in [6, 6.07) is 0. The Morgan fingerprint density at radius 3 is 2.75 bits per heavy atom. The molecule has 1 aliphatic rings. The SMILES string of the molecule is CCCC(C)C(=O)N1CCCC(C)(O)CC1. The maximum atomic E-state index is 12.1. The summed E-state index contributed by atoms with van der Waals surface area (Å²) in [5.41, 5.74) is -0.580. The number of rotatable bonds is 3. The van der Waals surface area contributed by atoms with Crippen molar-refractivity contribution in [1.82, 2.24) is 4.90 Å². The van der Waals surface area contributed by atoms with E-state index in [0.29, 0.717) is 13.0 Å². The molecule has 1 amide bonds. The minimum absolute atomic E-state index is 0.132. The van der Waals surface area contributed by atoms with Crippen LogP contribution in [-0.2, 0) is 4.79 Å². The summed E-state index contributed by atoms with van der Waals surface area (Å²) in [5.74, 6) is 0.396. The number of carbonyl (C=O) groups excluding carboxylic acids is 1. The molecule has 1 rings (SSSR count). The van der Waals surface area contributed by atoms with Crippen LogP contribution in [0.4, 0.5) is 0 Å². The highest BCUT2D eigenvalue weighted by atomic mass is 16.3. The zero-order valence-electron chi connectivity index (χ0n) is 10.8. The summed E-state index contributed by atoms with van der Waals surface area (Å²) in [6.07, 6.45) is 4.44. The highest BCUT2D eigenvalue weighted by Crippen LogP contribution is 2.22. The number of aliphatic hydroxyl groups is 1. The normalized spacial score (nSPS) is 28.6. The van der Waals surface area contributed by atoms with Crippen LogP contribution in [0.15, 0.2) is 0 Å². The molecule has 2 atom stereocenters. The minimum atomic E-state index is -0.580. The molecule has 1 heterocycles. The van der Waals surface area contributed by atoms with Gasteiger partial charge in [-0.25, -0.2) is 0 Å². The van der Waals surface area contributed by atoms with Crippen molar-refractivity contribution in [2.45, 2.75) is 58.5 Å². The third-order valence-electron chi connectivity index (χ3n) is 3.52. The second kappa shape index (κ2) is 5.67. The lowest BCUT2D eigenvalue weighted by atomic mass is 9.98. The van der Waals surface area contributed by atoms with E-state index in [-0.39, 0.29) is 11.8 Å². The van der Waals surface area contributed by atoms with Crippen LogP contribution in [0.1, 0.15) is 52.9 Å². The summed E-state index contributed by atoms with van der Waals surface area (Å²) < 4.78 is 0. The van der Waals surface area contributed by atoms with Gasteiger partial charge in [-0.15, -0.1) is 0 Å².